The Morgan fingerprint density at radius 2 is 2.17 bits per heavy atom. The molecule has 0 spiro atoms. The van der Waals surface area contributed by atoms with E-state index in [0.29, 0.717) is 17.8 Å². The van der Waals surface area contributed by atoms with Gasteiger partial charge in [-0.2, -0.15) is 4.31 Å². The van der Waals surface area contributed by atoms with E-state index in [4.69, 9.17) is 0 Å². The summed E-state index contributed by atoms with van der Waals surface area (Å²) in [5, 5.41) is 4.00. The molecular weight excluding hydrogens is 317 g/mol. The molecule has 0 amide bonds. The third-order valence-corrected chi connectivity index (χ3v) is 7.07. The summed E-state index contributed by atoms with van der Waals surface area (Å²) >= 11 is 0. The predicted molar refractivity (Wildman–Crippen MR) is 85.0 cm³/mol. The van der Waals surface area contributed by atoms with Crippen LogP contribution >= 0.6 is 0 Å². The number of fused-ring (bicyclic) bond motifs is 2. The van der Waals surface area contributed by atoms with Crippen molar-refractivity contribution in [1.82, 2.24) is 14.6 Å². The highest BCUT2D eigenvalue weighted by Gasteiger charge is 2.47. The van der Waals surface area contributed by atoms with E-state index in [-0.39, 0.29) is 22.4 Å². The molecule has 2 saturated heterocycles. The molecule has 3 unspecified atom stereocenters. The summed E-state index contributed by atoms with van der Waals surface area (Å²) in [5.74, 6) is -0.270. The molecular formula is C16H18FN3O2S. The fraction of sp³-hybridized carbons (Fsp3) is 0.438. The van der Waals surface area contributed by atoms with Gasteiger partial charge in [0, 0.05) is 35.6 Å². The molecule has 3 heterocycles. The third-order valence-electron chi connectivity index (χ3n) is 5.08. The number of rotatable bonds is 2. The van der Waals surface area contributed by atoms with Gasteiger partial charge in [0.05, 0.1) is 11.1 Å². The Balaban J connectivity index is 1.84. The molecule has 0 saturated carbocycles. The minimum atomic E-state index is -3.75. The molecule has 5 nitrogen and oxygen atoms in total. The van der Waals surface area contributed by atoms with Crippen molar-refractivity contribution in [2.75, 3.05) is 13.1 Å². The highest BCUT2D eigenvalue weighted by molar-refractivity contribution is 7.89. The molecule has 2 fully saturated rings. The van der Waals surface area contributed by atoms with Gasteiger partial charge < -0.3 is 5.32 Å². The topological polar surface area (TPSA) is 62.3 Å². The molecule has 23 heavy (non-hydrogen) atoms. The lowest BCUT2D eigenvalue weighted by Gasteiger charge is -2.24. The first-order valence-corrected chi connectivity index (χ1v) is 9.21. The number of nitrogens with one attached hydrogen (secondary N) is 1. The van der Waals surface area contributed by atoms with E-state index < -0.39 is 15.8 Å². The van der Waals surface area contributed by atoms with Gasteiger partial charge in [-0.3, -0.25) is 4.98 Å². The molecule has 7 heteroatoms. The first-order valence-electron chi connectivity index (χ1n) is 7.77. The van der Waals surface area contributed by atoms with E-state index in [2.05, 4.69) is 10.3 Å². The van der Waals surface area contributed by atoms with E-state index in [1.54, 1.807) is 12.1 Å². The molecule has 2 aromatic rings. The summed E-state index contributed by atoms with van der Waals surface area (Å²) in [6, 6.07) is 4.85. The number of hydrogen-bond donors (Lipinski definition) is 1. The normalized spacial score (nSPS) is 28.3. The molecule has 1 aromatic carbocycles. The zero-order chi connectivity index (χ0) is 16.2. The summed E-state index contributed by atoms with van der Waals surface area (Å²) in [6.45, 7) is 3.34. The number of nitrogens with zero attached hydrogens (tertiary/aromatic N) is 2. The molecule has 1 aromatic heterocycles. The second-order valence-corrected chi connectivity index (χ2v) is 8.18. The average Bonchev–Trinajstić information content (AvgIpc) is 3.11. The summed E-state index contributed by atoms with van der Waals surface area (Å²) < 4.78 is 42.1. The maximum Gasteiger partial charge on any atom is 0.244 e. The molecule has 0 bridgehead atoms. The van der Waals surface area contributed by atoms with Crippen molar-refractivity contribution in [3.05, 3.63) is 36.4 Å². The average molecular weight is 335 g/mol. The van der Waals surface area contributed by atoms with Crippen LogP contribution in [0.4, 0.5) is 4.39 Å². The fourth-order valence-electron chi connectivity index (χ4n) is 3.94. The van der Waals surface area contributed by atoms with Crippen molar-refractivity contribution in [3.8, 4) is 0 Å². The number of benzene rings is 1. The Bertz CT molecular complexity index is 866. The Morgan fingerprint density at radius 1 is 1.35 bits per heavy atom. The smallest absolute Gasteiger partial charge is 0.244 e. The molecule has 122 valence electrons. The molecule has 2 aliphatic rings. The molecule has 0 radical (unpaired) electrons. The van der Waals surface area contributed by atoms with Crippen LogP contribution in [0.2, 0.25) is 0 Å². The van der Waals surface area contributed by atoms with Gasteiger partial charge in [0.2, 0.25) is 10.0 Å². The van der Waals surface area contributed by atoms with Gasteiger partial charge in [-0.1, -0.05) is 12.1 Å². The largest absolute Gasteiger partial charge is 0.312 e. The van der Waals surface area contributed by atoms with Gasteiger partial charge >= 0.3 is 0 Å². The van der Waals surface area contributed by atoms with E-state index in [1.165, 1.54) is 16.6 Å². The fourth-order valence-corrected chi connectivity index (χ4v) is 5.88. The lowest BCUT2D eigenvalue weighted by Crippen LogP contribution is -2.42. The lowest BCUT2D eigenvalue weighted by atomic mass is 10.0. The van der Waals surface area contributed by atoms with Crippen LogP contribution in [0.5, 0.6) is 0 Å². The van der Waals surface area contributed by atoms with Crippen molar-refractivity contribution in [3.63, 3.8) is 0 Å². The monoisotopic (exact) mass is 335 g/mol. The zero-order valence-corrected chi connectivity index (χ0v) is 13.6. The summed E-state index contributed by atoms with van der Waals surface area (Å²) in [5.41, 5.74) is 0. The van der Waals surface area contributed by atoms with Gasteiger partial charge in [-0.15, -0.1) is 0 Å². The number of sulfonamides is 1. The minimum absolute atomic E-state index is 0.0294. The van der Waals surface area contributed by atoms with E-state index in [9.17, 15) is 12.8 Å². The third kappa shape index (κ3) is 2.18. The van der Waals surface area contributed by atoms with Gasteiger partial charge in [-0.05, 0) is 31.9 Å². The van der Waals surface area contributed by atoms with Crippen molar-refractivity contribution >= 4 is 20.8 Å². The van der Waals surface area contributed by atoms with Crippen LogP contribution < -0.4 is 5.32 Å². The summed E-state index contributed by atoms with van der Waals surface area (Å²) in [6.07, 6.45) is 3.53. The second kappa shape index (κ2) is 5.22. The zero-order valence-electron chi connectivity index (χ0n) is 12.7. The SMILES string of the molecule is CC1C2NCCC2CN1S(=O)(=O)c1cccc2cncc(F)c12. The van der Waals surface area contributed by atoms with Gasteiger partial charge in [0.15, 0.2) is 5.82 Å². The Labute approximate surface area is 134 Å². The summed E-state index contributed by atoms with van der Waals surface area (Å²) in [4.78, 5) is 3.83. The number of pyridine rings is 1. The van der Waals surface area contributed by atoms with Crippen LogP contribution in [0.15, 0.2) is 35.5 Å². The first-order chi connectivity index (χ1) is 11.0. The van der Waals surface area contributed by atoms with E-state index >= 15 is 0 Å². The van der Waals surface area contributed by atoms with Crippen LogP contribution in [-0.4, -0.2) is 42.9 Å². The molecule has 4 rings (SSSR count). The van der Waals surface area contributed by atoms with Crippen molar-refractivity contribution in [2.45, 2.75) is 30.3 Å². The van der Waals surface area contributed by atoms with Crippen molar-refractivity contribution in [2.24, 2.45) is 5.92 Å². The molecule has 3 atom stereocenters. The van der Waals surface area contributed by atoms with Gasteiger partial charge in [-0.25, -0.2) is 12.8 Å². The number of halogens is 1. The minimum Gasteiger partial charge on any atom is -0.312 e. The Kier molecular flexibility index (Phi) is 3.40. The second-order valence-electron chi connectivity index (χ2n) is 6.32. The van der Waals surface area contributed by atoms with E-state index in [1.807, 2.05) is 6.92 Å². The quantitative estimate of drug-likeness (QED) is 0.908. The van der Waals surface area contributed by atoms with Gasteiger partial charge in [0.25, 0.3) is 0 Å². The van der Waals surface area contributed by atoms with Crippen molar-refractivity contribution < 1.29 is 12.8 Å². The predicted octanol–water partition coefficient (Wildman–Crippen LogP) is 1.74. The molecule has 1 N–H and O–H groups in total. The van der Waals surface area contributed by atoms with E-state index in [0.717, 1.165) is 19.2 Å². The highest BCUT2D eigenvalue weighted by Crippen LogP contribution is 2.36. The Hall–Kier alpha value is -1.57. The first kappa shape index (κ1) is 15.0. The lowest BCUT2D eigenvalue weighted by molar-refractivity contribution is 0.373. The molecule has 2 aliphatic heterocycles. The standard InChI is InChI=1S/C16H18FN3O2S/c1-10-16-12(5-6-19-16)9-20(10)23(21,22)14-4-2-3-11-7-18-8-13(17)15(11)14/h2-4,7-8,10,12,16,19H,5-6,9H2,1H3. The number of aromatic nitrogens is 1. The summed E-state index contributed by atoms with van der Waals surface area (Å²) in [7, 11) is -3.75. The highest BCUT2D eigenvalue weighted by atomic mass is 32.2. The van der Waals surface area contributed by atoms with Crippen molar-refractivity contribution in [1.29, 1.82) is 0 Å². The van der Waals surface area contributed by atoms with Gasteiger partial charge in [0.1, 0.15) is 0 Å². The van der Waals surface area contributed by atoms with Crippen LogP contribution in [0, 0.1) is 11.7 Å². The maximum absolute atomic E-state index is 14.2. The number of hydrogen-bond acceptors (Lipinski definition) is 4. The van der Waals surface area contributed by atoms with Crippen LogP contribution in [0.25, 0.3) is 10.8 Å². The van der Waals surface area contributed by atoms with Crippen LogP contribution in [-0.2, 0) is 10.0 Å². The van der Waals surface area contributed by atoms with Crippen LogP contribution in [0.3, 0.4) is 0 Å². The molecule has 0 aliphatic carbocycles. The Morgan fingerprint density at radius 3 is 2.96 bits per heavy atom. The maximum atomic E-state index is 14.2. The van der Waals surface area contributed by atoms with Crippen LogP contribution in [0.1, 0.15) is 13.3 Å².